The molecule has 0 aromatic heterocycles. The number of rotatable bonds is 3. The molecular weight excluding hydrogens is 212 g/mol. The molecule has 0 aliphatic heterocycles. The van der Waals surface area contributed by atoms with Crippen LogP contribution in [0.2, 0.25) is 0 Å². The minimum atomic E-state index is -0.214. The lowest BCUT2D eigenvalue weighted by molar-refractivity contribution is -0.135. The van der Waals surface area contributed by atoms with Crippen LogP contribution in [0, 0.1) is 12.8 Å². The summed E-state index contributed by atoms with van der Waals surface area (Å²) in [7, 11) is 1.44. The van der Waals surface area contributed by atoms with Gasteiger partial charge >= 0.3 is 5.97 Å². The molecular formula is C15H18O2. The first-order chi connectivity index (χ1) is 8.13. The first-order valence-corrected chi connectivity index (χ1v) is 5.99. The highest BCUT2D eigenvalue weighted by atomic mass is 16.5. The summed E-state index contributed by atoms with van der Waals surface area (Å²) in [6, 6.07) is 8.33. The normalized spacial score (nSPS) is 16.4. The molecule has 0 N–H and O–H groups in total. The maximum absolute atomic E-state index is 11.7. The van der Waals surface area contributed by atoms with Crippen LogP contribution in [0.1, 0.15) is 30.9 Å². The Balaban J connectivity index is 2.45. The summed E-state index contributed by atoms with van der Waals surface area (Å²) < 4.78 is 4.83. The van der Waals surface area contributed by atoms with Crippen LogP contribution in [0.25, 0.3) is 5.57 Å². The van der Waals surface area contributed by atoms with Crippen molar-refractivity contribution in [1.29, 1.82) is 0 Å². The van der Waals surface area contributed by atoms with Crippen molar-refractivity contribution in [2.75, 3.05) is 7.11 Å². The quantitative estimate of drug-likeness (QED) is 0.588. The fraction of sp³-hybridized carbons (Fsp3) is 0.400. The molecule has 1 saturated carbocycles. The van der Waals surface area contributed by atoms with E-state index in [-0.39, 0.29) is 5.97 Å². The van der Waals surface area contributed by atoms with Crippen molar-refractivity contribution in [3.8, 4) is 0 Å². The second-order valence-electron chi connectivity index (χ2n) is 4.67. The first kappa shape index (κ1) is 11.9. The number of carbonyl (C=O) groups is 1. The summed E-state index contributed by atoms with van der Waals surface area (Å²) >= 11 is 0. The van der Waals surface area contributed by atoms with Gasteiger partial charge in [0.15, 0.2) is 0 Å². The second kappa shape index (κ2) is 4.74. The predicted octanol–water partition coefficient (Wildman–Crippen LogP) is 3.35. The Morgan fingerprint density at radius 1 is 1.35 bits per heavy atom. The van der Waals surface area contributed by atoms with Gasteiger partial charge < -0.3 is 4.74 Å². The molecule has 0 unspecified atom stereocenters. The average Bonchev–Trinajstić information content (AvgIpc) is 3.12. The van der Waals surface area contributed by atoms with E-state index in [9.17, 15) is 4.79 Å². The summed E-state index contributed by atoms with van der Waals surface area (Å²) in [5, 5.41) is 0. The van der Waals surface area contributed by atoms with E-state index < -0.39 is 0 Å². The molecule has 17 heavy (non-hydrogen) atoms. The zero-order valence-corrected chi connectivity index (χ0v) is 10.6. The molecule has 1 aliphatic rings. The molecule has 0 atom stereocenters. The summed E-state index contributed by atoms with van der Waals surface area (Å²) in [6.45, 7) is 3.93. The number of benzene rings is 1. The number of aryl methyl sites for hydroxylation is 1. The lowest BCUT2D eigenvalue weighted by Crippen LogP contribution is -2.06. The van der Waals surface area contributed by atoms with Crippen LogP contribution in [0.4, 0.5) is 0 Å². The summed E-state index contributed by atoms with van der Waals surface area (Å²) in [5.74, 6) is 0.323. The van der Waals surface area contributed by atoms with Gasteiger partial charge in [0, 0.05) is 5.57 Å². The number of carbonyl (C=O) groups excluding carboxylic acids is 1. The molecule has 0 saturated heterocycles. The topological polar surface area (TPSA) is 26.3 Å². The maximum Gasteiger partial charge on any atom is 0.333 e. The van der Waals surface area contributed by atoms with Gasteiger partial charge in [-0.3, -0.25) is 0 Å². The highest BCUT2D eigenvalue weighted by Gasteiger charge is 2.30. The zero-order valence-electron chi connectivity index (χ0n) is 10.6. The maximum atomic E-state index is 11.7. The van der Waals surface area contributed by atoms with Crippen LogP contribution >= 0.6 is 0 Å². The van der Waals surface area contributed by atoms with E-state index in [2.05, 4.69) is 25.1 Å². The number of hydrogen-bond donors (Lipinski definition) is 0. The number of ether oxygens (including phenoxy) is 1. The first-order valence-electron chi connectivity index (χ1n) is 5.99. The molecule has 1 fully saturated rings. The van der Waals surface area contributed by atoms with E-state index in [0.717, 1.165) is 11.1 Å². The standard InChI is InChI=1S/C15H18O2/c1-10-5-4-6-13(9-10)14(12-7-8-12)11(2)15(16)17-3/h4-6,9,12H,7-8H2,1-3H3/b14-11-. The van der Waals surface area contributed by atoms with Crippen molar-refractivity contribution in [2.45, 2.75) is 26.7 Å². The Bertz CT molecular complexity index is 468. The fourth-order valence-electron chi connectivity index (χ4n) is 2.21. The zero-order chi connectivity index (χ0) is 12.4. The van der Waals surface area contributed by atoms with Gasteiger partial charge in [0.2, 0.25) is 0 Å². The van der Waals surface area contributed by atoms with Crippen LogP contribution in [0.3, 0.4) is 0 Å². The minimum absolute atomic E-state index is 0.214. The lowest BCUT2D eigenvalue weighted by atomic mass is 9.95. The smallest absolute Gasteiger partial charge is 0.333 e. The molecule has 0 radical (unpaired) electrons. The van der Waals surface area contributed by atoms with E-state index in [1.165, 1.54) is 31.1 Å². The van der Waals surface area contributed by atoms with E-state index in [1.54, 1.807) is 0 Å². The Labute approximate surface area is 102 Å². The third-order valence-electron chi connectivity index (χ3n) is 3.21. The van der Waals surface area contributed by atoms with Gasteiger partial charge in [-0.25, -0.2) is 4.79 Å². The summed E-state index contributed by atoms with van der Waals surface area (Å²) in [6.07, 6.45) is 2.36. The number of methoxy groups -OCH3 is 1. The van der Waals surface area contributed by atoms with Crippen LogP contribution in [0.15, 0.2) is 29.8 Å². The highest BCUT2D eigenvalue weighted by Crippen LogP contribution is 2.43. The molecule has 1 aliphatic carbocycles. The van der Waals surface area contributed by atoms with Crippen LogP contribution in [-0.4, -0.2) is 13.1 Å². The van der Waals surface area contributed by atoms with Gasteiger partial charge in [-0.15, -0.1) is 0 Å². The van der Waals surface area contributed by atoms with Gasteiger partial charge in [0.05, 0.1) is 7.11 Å². The molecule has 0 heterocycles. The highest BCUT2D eigenvalue weighted by molar-refractivity contribution is 5.97. The Morgan fingerprint density at radius 3 is 2.59 bits per heavy atom. The molecule has 2 heteroatoms. The number of esters is 1. The van der Waals surface area contributed by atoms with Crippen LogP contribution in [-0.2, 0) is 9.53 Å². The molecule has 1 aromatic rings. The number of allylic oxidation sites excluding steroid dienone is 1. The predicted molar refractivity (Wildman–Crippen MR) is 68.5 cm³/mol. The Kier molecular flexibility index (Phi) is 3.32. The van der Waals surface area contributed by atoms with Gasteiger partial charge in [0.25, 0.3) is 0 Å². The molecule has 0 spiro atoms. The van der Waals surface area contributed by atoms with Crippen molar-refractivity contribution in [1.82, 2.24) is 0 Å². The van der Waals surface area contributed by atoms with E-state index in [4.69, 9.17) is 4.74 Å². The van der Waals surface area contributed by atoms with Crippen LogP contribution in [0.5, 0.6) is 0 Å². The SMILES string of the molecule is COC(=O)/C(C)=C(\c1cccc(C)c1)C1CC1. The van der Waals surface area contributed by atoms with Gasteiger partial charge in [0.1, 0.15) is 0 Å². The van der Waals surface area contributed by atoms with E-state index in [1.807, 2.05) is 13.0 Å². The molecule has 2 rings (SSSR count). The van der Waals surface area contributed by atoms with E-state index >= 15 is 0 Å². The van der Waals surface area contributed by atoms with Gasteiger partial charge in [-0.2, -0.15) is 0 Å². The lowest BCUT2D eigenvalue weighted by Gasteiger charge is -2.11. The minimum Gasteiger partial charge on any atom is -0.466 e. The second-order valence-corrected chi connectivity index (χ2v) is 4.67. The van der Waals surface area contributed by atoms with Crippen molar-refractivity contribution in [3.05, 3.63) is 41.0 Å². The van der Waals surface area contributed by atoms with Crippen molar-refractivity contribution < 1.29 is 9.53 Å². The Morgan fingerprint density at radius 2 is 2.06 bits per heavy atom. The third-order valence-corrected chi connectivity index (χ3v) is 3.21. The largest absolute Gasteiger partial charge is 0.466 e. The molecule has 1 aromatic carbocycles. The van der Waals surface area contributed by atoms with Crippen LogP contribution < -0.4 is 0 Å². The van der Waals surface area contributed by atoms with Crippen molar-refractivity contribution in [2.24, 2.45) is 5.92 Å². The summed E-state index contributed by atoms with van der Waals surface area (Å²) in [4.78, 5) is 11.7. The summed E-state index contributed by atoms with van der Waals surface area (Å²) in [5.41, 5.74) is 4.30. The van der Waals surface area contributed by atoms with Crippen molar-refractivity contribution in [3.63, 3.8) is 0 Å². The monoisotopic (exact) mass is 230 g/mol. The molecule has 2 nitrogen and oxygen atoms in total. The van der Waals surface area contributed by atoms with E-state index in [0.29, 0.717) is 5.92 Å². The molecule has 0 bridgehead atoms. The molecule has 90 valence electrons. The van der Waals surface area contributed by atoms with Crippen molar-refractivity contribution >= 4 is 11.5 Å². The molecule has 0 amide bonds. The third kappa shape index (κ3) is 2.57. The fourth-order valence-corrected chi connectivity index (χ4v) is 2.21. The Hall–Kier alpha value is -1.57. The van der Waals surface area contributed by atoms with Gasteiger partial charge in [-0.1, -0.05) is 29.8 Å². The van der Waals surface area contributed by atoms with Gasteiger partial charge in [-0.05, 0) is 43.7 Å². The number of hydrogen-bond acceptors (Lipinski definition) is 2. The average molecular weight is 230 g/mol.